The van der Waals surface area contributed by atoms with E-state index in [1.165, 1.54) is 22.8 Å². The van der Waals surface area contributed by atoms with Crippen LogP contribution in [-0.2, 0) is 28.8 Å². The topological polar surface area (TPSA) is 78.5 Å². The van der Waals surface area contributed by atoms with Crippen LogP contribution in [0.4, 0.5) is 11.5 Å². The molecule has 3 aromatic rings. The van der Waals surface area contributed by atoms with Crippen molar-refractivity contribution in [2.45, 2.75) is 19.3 Å². The molecule has 32 heavy (non-hydrogen) atoms. The van der Waals surface area contributed by atoms with Gasteiger partial charge in [-0.1, -0.05) is 42.5 Å². The third-order valence-corrected chi connectivity index (χ3v) is 6.03. The number of fused-ring (bicyclic) bond motifs is 1. The minimum atomic E-state index is -0.240. The highest BCUT2D eigenvalue weighted by atomic mass is 16.5. The number of hydrogen-bond donors (Lipinski definition) is 1. The molecule has 2 aromatic carbocycles. The summed E-state index contributed by atoms with van der Waals surface area (Å²) in [4.78, 5) is 36.5. The summed E-state index contributed by atoms with van der Waals surface area (Å²) in [6.07, 6.45) is 1.73. The number of rotatable bonds is 5. The molecule has 1 fully saturated rings. The summed E-state index contributed by atoms with van der Waals surface area (Å²) in [6.45, 7) is 3.24. The first-order valence-corrected chi connectivity index (χ1v) is 11.0. The maximum Gasteiger partial charge on any atom is 0.252 e. The first-order chi connectivity index (χ1) is 15.7. The first kappa shape index (κ1) is 20.5. The summed E-state index contributed by atoms with van der Waals surface area (Å²) in [5, 5.41) is 0. The lowest BCUT2D eigenvalue weighted by Gasteiger charge is -2.27. The smallest absolute Gasteiger partial charge is 0.252 e. The zero-order chi connectivity index (χ0) is 21.9. The highest BCUT2D eigenvalue weighted by Crippen LogP contribution is 2.30. The van der Waals surface area contributed by atoms with Crippen molar-refractivity contribution in [3.63, 3.8) is 0 Å². The molecule has 1 N–H and O–H groups in total. The van der Waals surface area contributed by atoms with Gasteiger partial charge < -0.3 is 19.5 Å². The molecule has 0 atom stereocenters. The van der Waals surface area contributed by atoms with Crippen LogP contribution in [0.1, 0.15) is 22.5 Å². The number of aromatic amines is 1. The van der Waals surface area contributed by atoms with Crippen molar-refractivity contribution in [2.75, 3.05) is 42.6 Å². The summed E-state index contributed by atoms with van der Waals surface area (Å²) in [5.41, 5.74) is 4.32. The van der Waals surface area contributed by atoms with Crippen molar-refractivity contribution < 1.29 is 9.53 Å². The Labute approximate surface area is 186 Å². The Balaban J connectivity index is 1.34. The molecule has 1 saturated heterocycles. The van der Waals surface area contributed by atoms with Gasteiger partial charge in [0.25, 0.3) is 5.56 Å². The minimum Gasteiger partial charge on any atom is -0.378 e. The van der Waals surface area contributed by atoms with Crippen LogP contribution in [0.25, 0.3) is 0 Å². The Morgan fingerprint density at radius 2 is 1.81 bits per heavy atom. The maximum absolute atomic E-state index is 13.2. The molecule has 2 aliphatic heterocycles. The predicted octanol–water partition coefficient (Wildman–Crippen LogP) is 2.33. The lowest BCUT2D eigenvalue weighted by Crippen LogP contribution is -2.38. The number of hydrogen-bond acceptors (Lipinski definition) is 5. The Hall–Kier alpha value is -3.45. The number of anilines is 2. The van der Waals surface area contributed by atoms with Gasteiger partial charge in [-0.05, 0) is 35.6 Å². The van der Waals surface area contributed by atoms with Crippen molar-refractivity contribution >= 4 is 17.4 Å². The number of aromatic nitrogens is 2. The molecule has 0 aliphatic carbocycles. The molecule has 1 aromatic heterocycles. The number of carbonyl (C=O) groups excluding carboxylic acids is 1. The van der Waals surface area contributed by atoms with E-state index in [4.69, 9.17) is 4.74 Å². The van der Waals surface area contributed by atoms with E-state index in [0.29, 0.717) is 44.5 Å². The van der Waals surface area contributed by atoms with Crippen LogP contribution in [0.5, 0.6) is 0 Å². The summed E-state index contributed by atoms with van der Waals surface area (Å²) in [7, 11) is 0. The molecule has 0 spiro atoms. The number of amides is 1. The molecule has 1 amide bonds. The van der Waals surface area contributed by atoms with E-state index in [9.17, 15) is 9.59 Å². The van der Waals surface area contributed by atoms with Gasteiger partial charge in [0.1, 0.15) is 11.6 Å². The Kier molecular flexibility index (Phi) is 5.73. The second-order valence-electron chi connectivity index (χ2n) is 8.25. The second kappa shape index (κ2) is 8.96. The average Bonchev–Trinajstić information content (AvgIpc) is 3.23. The number of ether oxygens (including phenoxy) is 1. The van der Waals surface area contributed by atoms with Gasteiger partial charge in [-0.25, -0.2) is 4.98 Å². The minimum absolute atomic E-state index is 0.0529. The van der Waals surface area contributed by atoms with Gasteiger partial charge in [-0.3, -0.25) is 9.59 Å². The number of benzene rings is 2. The van der Waals surface area contributed by atoms with E-state index in [1.54, 1.807) is 0 Å². The monoisotopic (exact) mass is 430 g/mol. The van der Waals surface area contributed by atoms with Gasteiger partial charge in [-0.15, -0.1) is 0 Å². The first-order valence-electron chi connectivity index (χ1n) is 11.0. The van der Waals surface area contributed by atoms with Gasteiger partial charge in [0.2, 0.25) is 5.91 Å². The largest absolute Gasteiger partial charge is 0.378 e. The zero-order valence-electron chi connectivity index (χ0n) is 17.9. The molecule has 164 valence electrons. The van der Waals surface area contributed by atoms with Crippen molar-refractivity contribution in [1.29, 1.82) is 0 Å². The number of nitrogens with one attached hydrogen (secondary N) is 1. The number of nitrogens with zero attached hydrogens (tertiary/aromatic N) is 3. The van der Waals surface area contributed by atoms with Crippen LogP contribution in [0.3, 0.4) is 0 Å². The molecular weight excluding hydrogens is 404 g/mol. The average molecular weight is 431 g/mol. The highest BCUT2D eigenvalue weighted by Gasteiger charge is 2.26. The summed E-state index contributed by atoms with van der Waals surface area (Å²) in [5.74, 6) is 0.951. The van der Waals surface area contributed by atoms with Crippen molar-refractivity contribution in [3.8, 4) is 0 Å². The summed E-state index contributed by atoms with van der Waals surface area (Å²) < 4.78 is 5.38. The number of morpholine rings is 1. The SMILES string of the molecule is O=C(Cc1nc(N2CCOCC2)cc(=O)[nH]1)N1CCc2ccc(Cc3ccccc3)cc21. The van der Waals surface area contributed by atoms with E-state index in [1.807, 2.05) is 28.0 Å². The van der Waals surface area contributed by atoms with Gasteiger partial charge in [0.05, 0.1) is 19.6 Å². The number of H-pyrrole nitrogens is 1. The zero-order valence-corrected chi connectivity index (χ0v) is 17.9. The fourth-order valence-electron chi connectivity index (χ4n) is 4.40. The molecule has 0 radical (unpaired) electrons. The van der Waals surface area contributed by atoms with E-state index in [0.717, 1.165) is 18.5 Å². The van der Waals surface area contributed by atoms with Gasteiger partial charge in [0, 0.05) is 31.4 Å². The van der Waals surface area contributed by atoms with Crippen LogP contribution >= 0.6 is 0 Å². The second-order valence-corrected chi connectivity index (χ2v) is 8.25. The summed E-state index contributed by atoms with van der Waals surface area (Å²) >= 11 is 0. The van der Waals surface area contributed by atoms with E-state index >= 15 is 0 Å². The van der Waals surface area contributed by atoms with E-state index < -0.39 is 0 Å². The predicted molar refractivity (Wildman–Crippen MR) is 123 cm³/mol. The van der Waals surface area contributed by atoms with Crippen molar-refractivity contribution in [3.05, 3.63) is 87.5 Å². The standard InChI is InChI=1S/C25H26N4O3/c30-24-17-23(28-10-12-32-13-11-28)26-22(27-24)16-25(31)29-9-8-20-7-6-19(15-21(20)29)14-18-4-2-1-3-5-18/h1-7,15,17H,8-14,16H2,(H,26,27,30). The normalized spacial score (nSPS) is 15.6. The molecule has 7 nitrogen and oxygen atoms in total. The van der Waals surface area contributed by atoms with E-state index in [-0.39, 0.29) is 17.9 Å². The highest BCUT2D eigenvalue weighted by molar-refractivity contribution is 5.96. The van der Waals surface area contributed by atoms with Crippen LogP contribution in [0, 0.1) is 0 Å². The molecule has 7 heteroatoms. The molecular formula is C25H26N4O3. The lowest BCUT2D eigenvalue weighted by molar-refractivity contribution is -0.118. The summed E-state index contributed by atoms with van der Waals surface area (Å²) in [6, 6.07) is 18.2. The fourth-order valence-corrected chi connectivity index (χ4v) is 4.40. The Morgan fingerprint density at radius 3 is 2.62 bits per heavy atom. The molecule has 2 aliphatic rings. The lowest BCUT2D eigenvalue weighted by atomic mass is 10.0. The van der Waals surface area contributed by atoms with Crippen LogP contribution < -0.4 is 15.4 Å². The van der Waals surface area contributed by atoms with Crippen LogP contribution in [0.15, 0.2) is 59.4 Å². The maximum atomic E-state index is 13.2. The van der Waals surface area contributed by atoms with Gasteiger partial charge in [-0.2, -0.15) is 0 Å². The van der Waals surface area contributed by atoms with Crippen molar-refractivity contribution in [2.24, 2.45) is 0 Å². The van der Waals surface area contributed by atoms with Crippen LogP contribution in [0.2, 0.25) is 0 Å². The fraction of sp³-hybridized carbons (Fsp3) is 0.320. The quantitative estimate of drug-likeness (QED) is 0.672. The molecule has 0 saturated carbocycles. The third-order valence-electron chi connectivity index (χ3n) is 6.03. The number of carbonyl (C=O) groups is 1. The Bertz CT molecular complexity index is 1170. The third kappa shape index (κ3) is 4.43. The van der Waals surface area contributed by atoms with E-state index in [2.05, 4.69) is 40.3 Å². The molecule has 0 bridgehead atoms. The Morgan fingerprint density at radius 1 is 1.00 bits per heavy atom. The van der Waals surface area contributed by atoms with Crippen LogP contribution in [-0.4, -0.2) is 48.7 Å². The molecule has 5 rings (SSSR count). The van der Waals surface area contributed by atoms with Gasteiger partial charge in [0.15, 0.2) is 0 Å². The molecule has 3 heterocycles. The van der Waals surface area contributed by atoms with Crippen molar-refractivity contribution in [1.82, 2.24) is 9.97 Å². The molecule has 0 unspecified atom stereocenters. The van der Waals surface area contributed by atoms with Gasteiger partial charge >= 0.3 is 0 Å².